The average Bonchev–Trinajstić information content (AvgIpc) is 2.75. The predicted octanol–water partition coefficient (Wildman–Crippen LogP) is 1.01. The maximum absolute atomic E-state index is 12.6. The molecule has 8 nitrogen and oxygen atoms in total. The molecule has 0 spiro atoms. The number of nitrogens with two attached hydrogens (primary N) is 1. The van der Waals surface area contributed by atoms with E-state index in [0.29, 0.717) is 43.4 Å². The summed E-state index contributed by atoms with van der Waals surface area (Å²) in [7, 11) is 0. The smallest absolute Gasteiger partial charge is 0.290 e. The van der Waals surface area contributed by atoms with Gasteiger partial charge in [-0.3, -0.25) is 24.2 Å². The van der Waals surface area contributed by atoms with Gasteiger partial charge in [0.05, 0.1) is 13.0 Å². The van der Waals surface area contributed by atoms with Crippen molar-refractivity contribution in [3.05, 3.63) is 35.4 Å². The summed E-state index contributed by atoms with van der Waals surface area (Å²) < 4.78 is 0. The molecule has 3 heterocycles. The molecule has 4 rings (SSSR count). The molecule has 176 valence electrons. The first kappa shape index (κ1) is 24.2. The maximum atomic E-state index is 12.6. The van der Waals surface area contributed by atoms with Crippen molar-refractivity contribution in [3.63, 3.8) is 0 Å². The van der Waals surface area contributed by atoms with E-state index in [9.17, 15) is 9.59 Å². The molecule has 8 heteroatoms. The summed E-state index contributed by atoms with van der Waals surface area (Å²) in [6.45, 7) is 5.87. The molecule has 3 saturated heterocycles. The van der Waals surface area contributed by atoms with E-state index >= 15 is 0 Å². The largest absolute Gasteiger partial charge is 0.483 e. The summed E-state index contributed by atoms with van der Waals surface area (Å²) in [5.41, 5.74) is 7.73. The van der Waals surface area contributed by atoms with Gasteiger partial charge in [-0.15, -0.1) is 0 Å². The second kappa shape index (κ2) is 11.4. The number of carbonyl (C=O) groups excluding carboxylic acids is 2. The van der Waals surface area contributed by atoms with Crippen molar-refractivity contribution < 1.29 is 19.5 Å². The SMILES string of the molecule is Cc1ccccc1CC(=O)NC[C@H]1[C@H]2C[C@H](CN(CC(N)=O)C2)[C@@H]2CCCCN21.O=CO. The number of primary amides is 1. The number of carboxylic acid groups (broad SMARTS) is 1. The van der Waals surface area contributed by atoms with Crippen LogP contribution in [0.5, 0.6) is 0 Å². The van der Waals surface area contributed by atoms with Gasteiger partial charge < -0.3 is 16.2 Å². The topological polar surface area (TPSA) is 116 Å². The predicted molar refractivity (Wildman–Crippen MR) is 122 cm³/mol. The summed E-state index contributed by atoms with van der Waals surface area (Å²) in [5.74, 6) is 0.960. The Bertz CT molecular complexity index is 802. The Labute approximate surface area is 190 Å². The van der Waals surface area contributed by atoms with E-state index in [1.54, 1.807) is 0 Å². The first-order chi connectivity index (χ1) is 15.4. The zero-order valence-corrected chi connectivity index (χ0v) is 18.9. The molecule has 0 aromatic heterocycles. The number of rotatable bonds is 6. The number of hydrogen-bond acceptors (Lipinski definition) is 5. The maximum Gasteiger partial charge on any atom is 0.290 e. The number of piperidine rings is 3. The van der Waals surface area contributed by atoms with Crippen LogP contribution in [0.3, 0.4) is 0 Å². The number of aryl methyl sites for hydroxylation is 1. The van der Waals surface area contributed by atoms with Gasteiger partial charge in [0.15, 0.2) is 0 Å². The Hall–Kier alpha value is -2.45. The van der Waals surface area contributed by atoms with Gasteiger partial charge in [-0.2, -0.15) is 0 Å². The van der Waals surface area contributed by atoms with Gasteiger partial charge in [-0.1, -0.05) is 30.7 Å². The zero-order chi connectivity index (χ0) is 23.1. The third-order valence-corrected chi connectivity index (χ3v) is 7.20. The van der Waals surface area contributed by atoms with Crippen LogP contribution in [0.25, 0.3) is 0 Å². The highest BCUT2D eigenvalue weighted by Gasteiger charge is 2.47. The number of benzene rings is 1. The van der Waals surface area contributed by atoms with Crippen molar-refractivity contribution in [3.8, 4) is 0 Å². The Morgan fingerprint density at radius 2 is 1.94 bits per heavy atom. The van der Waals surface area contributed by atoms with Crippen molar-refractivity contribution in [2.45, 2.75) is 51.1 Å². The molecule has 32 heavy (non-hydrogen) atoms. The van der Waals surface area contributed by atoms with E-state index in [2.05, 4.69) is 28.1 Å². The van der Waals surface area contributed by atoms with Crippen LogP contribution in [0.2, 0.25) is 0 Å². The third kappa shape index (κ3) is 6.07. The highest BCUT2D eigenvalue weighted by molar-refractivity contribution is 5.79. The summed E-state index contributed by atoms with van der Waals surface area (Å²) >= 11 is 0. The molecule has 0 radical (unpaired) electrons. The minimum atomic E-state index is -0.250. The summed E-state index contributed by atoms with van der Waals surface area (Å²) in [6.07, 6.45) is 5.40. The van der Waals surface area contributed by atoms with Crippen LogP contribution in [0.15, 0.2) is 24.3 Å². The molecule has 2 amide bonds. The fourth-order valence-corrected chi connectivity index (χ4v) is 5.90. The fourth-order valence-electron chi connectivity index (χ4n) is 5.90. The van der Waals surface area contributed by atoms with Gasteiger partial charge in [0.1, 0.15) is 0 Å². The molecule has 0 unspecified atom stereocenters. The quantitative estimate of drug-likeness (QED) is 0.564. The number of amides is 2. The molecular formula is C24H36N4O4. The van der Waals surface area contributed by atoms with Gasteiger partial charge in [0, 0.05) is 31.7 Å². The van der Waals surface area contributed by atoms with Crippen LogP contribution in [-0.4, -0.2) is 78.0 Å². The first-order valence-electron chi connectivity index (χ1n) is 11.6. The lowest BCUT2D eigenvalue weighted by molar-refractivity contribution is -0.124. The fraction of sp³-hybridized carbons (Fsp3) is 0.625. The molecule has 1 aromatic carbocycles. The minimum Gasteiger partial charge on any atom is -0.483 e. The second-order valence-corrected chi connectivity index (χ2v) is 9.30. The minimum absolute atomic E-state index is 0.0970. The Morgan fingerprint density at radius 1 is 1.22 bits per heavy atom. The van der Waals surface area contributed by atoms with E-state index in [1.807, 2.05) is 18.2 Å². The molecule has 3 fully saturated rings. The van der Waals surface area contributed by atoms with Crippen molar-refractivity contribution >= 4 is 18.3 Å². The van der Waals surface area contributed by atoms with E-state index in [1.165, 1.54) is 25.7 Å². The van der Waals surface area contributed by atoms with Gasteiger partial charge in [-0.05, 0) is 55.7 Å². The molecule has 1 aromatic rings. The van der Waals surface area contributed by atoms with E-state index < -0.39 is 0 Å². The lowest BCUT2D eigenvalue weighted by atomic mass is 9.72. The highest BCUT2D eigenvalue weighted by atomic mass is 16.3. The molecule has 4 atom stereocenters. The number of nitrogens with zero attached hydrogens (tertiary/aromatic N) is 2. The number of fused-ring (bicyclic) bond motifs is 4. The molecule has 4 N–H and O–H groups in total. The van der Waals surface area contributed by atoms with Gasteiger partial charge in [0.2, 0.25) is 11.8 Å². The van der Waals surface area contributed by atoms with Crippen molar-refractivity contribution in [1.29, 1.82) is 0 Å². The van der Waals surface area contributed by atoms with Gasteiger partial charge in [0.25, 0.3) is 6.47 Å². The first-order valence-corrected chi connectivity index (χ1v) is 11.6. The van der Waals surface area contributed by atoms with Crippen LogP contribution in [0, 0.1) is 18.8 Å². The van der Waals surface area contributed by atoms with Crippen LogP contribution in [0.4, 0.5) is 0 Å². The van der Waals surface area contributed by atoms with Crippen LogP contribution < -0.4 is 11.1 Å². The molecule has 0 saturated carbocycles. The summed E-state index contributed by atoms with van der Waals surface area (Å²) in [4.78, 5) is 37.4. The summed E-state index contributed by atoms with van der Waals surface area (Å²) in [6, 6.07) is 9.01. The van der Waals surface area contributed by atoms with Crippen LogP contribution in [-0.2, 0) is 20.8 Å². The Morgan fingerprint density at radius 3 is 2.66 bits per heavy atom. The molecule has 3 aliphatic heterocycles. The lowest BCUT2D eigenvalue weighted by Crippen LogP contribution is -2.66. The third-order valence-electron chi connectivity index (χ3n) is 7.20. The molecular weight excluding hydrogens is 408 g/mol. The Balaban J connectivity index is 0.000000913. The zero-order valence-electron chi connectivity index (χ0n) is 18.9. The van der Waals surface area contributed by atoms with Gasteiger partial charge >= 0.3 is 0 Å². The number of hydrogen-bond donors (Lipinski definition) is 3. The normalized spacial score (nSPS) is 27.4. The standard InChI is InChI=1S/C23H34N4O2.CH2O2/c1-16-6-2-3-7-17(16)11-23(29)25-12-21-19-10-18(13-26(14-19)15-22(24)28)20-8-4-5-9-27(20)21;2-1-3/h2-3,6-7,18-21H,4-5,8-15H2,1H3,(H2,24,28)(H,25,29);1H,(H,2,3)/t18-,19+,20+,21+;/m1./s1. The van der Waals surface area contributed by atoms with E-state index in [0.717, 1.165) is 30.8 Å². The average molecular weight is 445 g/mol. The molecule has 2 bridgehead atoms. The monoisotopic (exact) mass is 444 g/mol. The van der Waals surface area contributed by atoms with E-state index in [-0.39, 0.29) is 18.3 Å². The molecule has 0 aliphatic carbocycles. The Kier molecular flexibility index (Phi) is 8.64. The summed E-state index contributed by atoms with van der Waals surface area (Å²) in [5, 5.41) is 10.1. The highest BCUT2D eigenvalue weighted by Crippen LogP contribution is 2.40. The lowest BCUT2D eigenvalue weighted by Gasteiger charge is -2.56. The van der Waals surface area contributed by atoms with Gasteiger partial charge in [-0.25, -0.2) is 0 Å². The number of nitrogens with one attached hydrogen (secondary N) is 1. The number of carbonyl (C=O) groups is 3. The molecule has 3 aliphatic rings. The van der Waals surface area contributed by atoms with Crippen molar-refractivity contribution in [1.82, 2.24) is 15.1 Å². The number of likely N-dealkylation sites (tertiary alicyclic amines) is 1. The van der Waals surface area contributed by atoms with Crippen LogP contribution in [0.1, 0.15) is 36.8 Å². The van der Waals surface area contributed by atoms with Crippen molar-refractivity contribution in [2.75, 3.05) is 32.7 Å². The second-order valence-electron chi connectivity index (χ2n) is 9.30. The van der Waals surface area contributed by atoms with E-state index in [4.69, 9.17) is 15.6 Å². The van der Waals surface area contributed by atoms with Crippen molar-refractivity contribution in [2.24, 2.45) is 17.6 Å². The van der Waals surface area contributed by atoms with Crippen LogP contribution >= 0.6 is 0 Å².